The number of rotatable bonds is 6. The standard InChI is InChI=1S/C23H29NO3S2/c1-4-27-23(26)20-18-9-7-5-6-8-10-19(18)29-22(20)24-21(25)16(3)28-17-13-11-15(2)12-14-17/h11-14,16H,4-10H2,1-3H3,(H,24,25). The molecule has 1 atom stereocenters. The molecule has 1 aliphatic rings. The number of carbonyl (C=O) groups excluding carboxylic acids is 2. The molecule has 0 bridgehead atoms. The number of benzene rings is 1. The molecule has 1 aromatic heterocycles. The largest absolute Gasteiger partial charge is 0.462 e. The highest BCUT2D eigenvalue weighted by Crippen LogP contribution is 2.38. The molecular formula is C23H29NO3S2. The first-order chi connectivity index (χ1) is 14.0. The van der Waals surface area contributed by atoms with Gasteiger partial charge in [0.1, 0.15) is 5.00 Å². The van der Waals surface area contributed by atoms with Gasteiger partial charge in [-0.05, 0) is 64.2 Å². The van der Waals surface area contributed by atoms with Crippen LogP contribution < -0.4 is 5.32 Å². The molecule has 1 aliphatic carbocycles. The molecule has 156 valence electrons. The number of hydrogen-bond acceptors (Lipinski definition) is 5. The van der Waals surface area contributed by atoms with Crippen LogP contribution in [0.25, 0.3) is 0 Å². The zero-order valence-corrected chi connectivity index (χ0v) is 19.0. The Morgan fingerprint density at radius 1 is 1.14 bits per heavy atom. The van der Waals surface area contributed by atoms with E-state index in [2.05, 4.69) is 5.32 Å². The topological polar surface area (TPSA) is 55.4 Å². The van der Waals surface area contributed by atoms with Crippen molar-refractivity contribution in [2.75, 3.05) is 11.9 Å². The second kappa shape index (κ2) is 10.3. The number of carbonyl (C=O) groups is 2. The van der Waals surface area contributed by atoms with Crippen molar-refractivity contribution in [3.63, 3.8) is 0 Å². The van der Waals surface area contributed by atoms with E-state index in [-0.39, 0.29) is 17.1 Å². The maximum Gasteiger partial charge on any atom is 0.341 e. The van der Waals surface area contributed by atoms with Crippen LogP contribution in [-0.2, 0) is 22.4 Å². The van der Waals surface area contributed by atoms with Crippen molar-refractivity contribution in [1.29, 1.82) is 0 Å². The molecule has 1 amide bonds. The average molecular weight is 432 g/mol. The zero-order valence-electron chi connectivity index (χ0n) is 17.4. The van der Waals surface area contributed by atoms with Crippen molar-refractivity contribution >= 4 is 40.0 Å². The predicted molar refractivity (Wildman–Crippen MR) is 121 cm³/mol. The van der Waals surface area contributed by atoms with E-state index in [9.17, 15) is 9.59 Å². The maximum atomic E-state index is 12.9. The van der Waals surface area contributed by atoms with Gasteiger partial charge in [0, 0.05) is 9.77 Å². The molecule has 0 radical (unpaired) electrons. The molecule has 29 heavy (non-hydrogen) atoms. The Morgan fingerprint density at radius 2 is 1.83 bits per heavy atom. The summed E-state index contributed by atoms with van der Waals surface area (Å²) in [5, 5.41) is 3.42. The van der Waals surface area contributed by atoms with Crippen LogP contribution in [0.4, 0.5) is 5.00 Å². The lowest BCUT2D eigenvalue weighted by molar-refractivity contribution is -0.115. The van der Waals surface area contributed by atoms with E-state index >= 15 is 0 Å². The Bertz CT molecular complexity index is 858. The van der Waals surface area contributed by atoms with Gasteiger partial charge >= 0.3 is 5.97 Å². The Balaban J connectivity index is 1.80. The number of nitrogens with one attached hydrogen (secondary N) is 1. The van der Waals surface area contributed by atoms with Crippen molar-refractivity contribution in [1.82, 2.24) is 0 Å². The van der Waals surface area contributed by atoms with Crippen molar-refractivity contribution in [2.24, 2.45) is 0 Å². The number of anilines is 1. The van der Waals surface area contributed by atoms with Gasteiger partial charge in [0.25, 0.3) is 0 Å². The Labute approximate surface area is 181 Å². The molecule has 1 N–H and O–H groups in total. The van der Waals surface area contributed by atoms with E-state index in [4.69, 9.17) is 4.74 Å². The summed E-state index contributed by atoms with van der Waals surface area (Å²) in [5.41, 5.74) is 2.86. The second-order valence-electron chi connectivity index (χ2n) is 7.40. The van der Waals surface area contributed by atoms with Crippen molar-refractivity contribution < 1.29 is 14.3 Å². The number of thiophene rings is 1. The Kier molecular flexibility index (Phi) is 7.78. The number of esters is 1. The average Bonchev–Trinajstić information content (AvgIpc) is 3.00. The SMILES string of the molecule is CCOC(=O)c1c(NC(=O)C(C)Sc2ccc(C)cc2)sc2c1CCCCCC2. The fraction of sp³-hybridized carbons (Fsp3) is 0.478. The minimum absolute atomic E-state index is 0.0876. The van der Waals surface area contributed by atoms with Crippen LogP contribution in [0.2, 0.25) is 0 Å². The van der Waals surface area contributed by atoms with Gasteiger partial charge in [-0.2, -0.15) is 0 Å². The third-order valence-electron chi connectivity index (χ3n) is 5.09. The molecule has 0 fully saturated rings. The van der Waals surface area contributed by atoms with Crippen molar-refractivity contribution in [3.05, 3.63) is 45.8 Å². The lowest BCUT2D eigenvalue weighted by Crippen LogP contribution is -2.23. The smallest absolute Gasteiger partial charge is 0.341 e. The van der Waals surface area contributed by atoms with Gasteiger partial charge < -0.3 is 10.1 Å². The van der Waals surface area contributed by atoms with Gasteiger partial charge in [0.05, 0.1) is 17.4 Å². The molecule has 1 unspecified atom stereocenters. The van der Waals surface area contributed by atoms with Gasteiger partial charge in [-0.1, -0.05) is 30.5 Å². The molecule has 1 aromatic carbocycles. The van der Waals surface area contributed by atoms with E-state index in [0.29, 0.717) is 17.2 Å². The molecule has 6 heteroatoms. The normalized spacial score (nSPS) is 15.0. The summed E-state index contributed by atoms with van der Waals surface area (Å²) in [6.07, 6.45) is 6.45. The summed E-state index contributed by atoms with van der Waals surface area (Å²) in [7, 11) is 0. The Hall–Kier alpha value is -1.79. The molecule has 3 rings (SSSR count). The highest BCUT2D eigenvalue weighted by atomic mass is 32.2. The van der Waals surface area contributed by atoms with Crippen LogP contribution in [0.3, 0.4) is 0 Å². The molecule has 0 saturated carbocycles. The van der Waals surface area contributed by atoms with Crippen molar-refractivity contribution in [2.45, 2.75) is 69.4 Å². The summed E-state index contributed by atoms with van der Waals surface area (Å²) in [6.45, 7) is 6.08. The van der Waals surface area contributed by atoms with Crippen LogP contribution in [-0.4, -0.2) is 23.7 Å². The van der Waals surface area contributed by atoms with Crippen LogP contribution in [0.5, 0.6) is 0 Å². The summed E-state index contributed by atoms with van der Waals surface area (Å²) in [5.74, 6) is -0.407. The predicted octanol–water partition coefficient (Wildman–Crippen LogP) is 6.01. The third kappa shape index (κ3) is 5.64. The molecule has 0 spiro atoms. The number of hydrogen-bond donors (Lipinski definition) is 1. The number of fused-ring (bicyclic) bond motifs is 1. The second-order valence-corrected chi connectivity index (χ2v) is 9.92. The zero-order chi connectivity index (χ0) is 20.8. The lowest BCUT2D eigenvalue weighted by atomic mass is 9.96. The summed E-state index contributed by atoms with van der Waals surface area (Å²) in [6, 6.07) is 8.16. The van der Waals surface area contributed by atoms with E-state index in [0.717, 1.165) is 36.1 Å². The number of ether oxygens (including phenoxy) is 1. The molecule has 0 saturated heterocycles. The fourth-order valence-corrected chi connectivity index (χ4v) is 5.66. The summed E-state index contributed by atoms with van der Waals surface area (Å²) < 4.78 is 5.33. The van der Waals surface area contributed by atoms with Crippen LogP contribution in [0.1, 0.15) is 65.9 Å². The fourth-order valence-electron chi connectivity index (χ4n) is 3.51. The van der Waals surface area contributed by atoms with Crippen molar-refractivity contribution in [3.8, 4) is 0 Å². The quantitative estimate of drug-likeness (QED) is 0.449. The van der Waals surface area contributed by atoms with Gasteiger partial charge in [-0.15, -0.1) is 23.1 Å². The molecule has 2 aromatic rings. The first-order valence-electron chi connectivity index (χ1n) is 10.4. The minimum Gasteiger partial charge on any atom is -0.462 e. The molecular weight excluding hydrogens is 402 g/mol. The highest BCUT2D eigenvalue weighted by Gasteiger charge is 2.27. The van der Waals surface area contributed by atoms with Crippen LogP contribution >= 0.6 is 23.1 Å². The summed E-state index contributed by atoms with van der Waals surface area (Å²) in [4.78, 5) is 27.9. The first kappa shape index (κ1) is 21.9. The first-order valence-corrected chi connectivity index (χ1v) is 12.0. The third-order valence-corrected chi connectivity index (χ3v) is 7.41. The van der Waals surface area contributed by atoms with Gasteiger partial charge in [0.15, 0.2) is 0 Å². The Morgan fingerprint density at radius 3 is 2.52 bits per heavy atom. The van der Waals surface area contributed by atoms with Gasteiger partial charge in [0.2, 0.25) is 5.91 Å². The van der Waals surface area contributed by atoms with E-state index < -0.39 is 0 Å². The van der Waals surface area contributed by atoms with Gasteiger partial charge in [-0.25, -0.2) is 4.79 Å². The number of amides is 1. The van der Waals surface area contributed by atoms with Crippen LogP contribution in [0.15, 0.2) is 29.2 Å². The maximum absolute atomic E-state index is 12.9. The van der Waals surface area contributed by atoms with E-state index in [1.54, 1.807) is 11.3 Å². The molecule has 0 aliphatic heterocycles. The van der Waals surface area contributed by atoms with E-state index in [1.807, 2.05) is 45.0 Å². The summed E-state index contributed by atoms with van der Waals surface area (Å²) >= 11 is 3.07. The number of aryl methyl sites for hydroxylation is 2. The minimum atomic E-state index is -0.320. The van der Waals surface area contributed by atoms with Crippen LogP contribution in [0, 0.1) is 6.92 Å². The van der Waals surface area contributed by atoms with E-state index in [1.165, 1.54) is 35.0 Å². The lowest BCUT2D eigenvalue weighted by Gasteiger charge is -2.13. The molecule has 1 heterocycles. The molecule has 4 nitrogen and oxygen atoms in total. The van der Waals surface area contributed by atoms with Gasteiger partial charge in [-0.3, -0.25) is 4.79 Å². The highest BCUT2D eigenvalue weighted by molar-refractivity contribution is 8.00. The number of thioether (sulfide) groups is 1. The monoisotopic (exact) mass is 431 g/mol.